The topological polar surface area (TPSA) is 59.8 Å². The molecule has 0 bridgehead atoms. The molecule has 1 saturated heterocycles. The normalized spacial score (nSPS) is 24.0. The minimum atomic E-state index is -1.06. The highest BCUT2D eigenvalue weighted by atomic mass is 16.5. The van der Waals surface area contributed by atoms with Gasteiger partial charge in [0, 0.05) is 11.8 Å². The van der Waals surface area contributed by atoms with Gasteiger partial charge in [-0.25, -0.2) is 0 Å². The molecule has 1 fully saturated rings. The number of benzene rings is 1. The maximum absolute atomic E-state index is 13.9. The van der Waals surface area contributed by atoms with Gasteiger partial charge in [0.25, 0.3) is 5.91 Å². The number of carbonyl (C=O) groups is 2. The smallest absolute Gasteiger partial charge is 0.260 e. The molecule has 3 heterocycles. The molecular formula is C24H27NO4. The summed E-state index contributed by atoms with van der Waals surface area (Å²) in [5, 5.41) is 0. The van der Waals surface area contributed by atoms with E-state index < -0.39 is 16.7 Å². The summed E-state index contributed by atoms with van der Waals surface area (Å²) in [5.41, 5.74) is -0.495. The highest BCUT2D eigenvalue weighted by molar-refractivity contribution is 6.27. The quantitative estimate of drug-likeness (QED) is 0.718. The molecule has 0 aliphatic carbocycles. The number of rotatable bonds is 3. The number of fused-ring (bicyclic) bond motifs is 1. The Balaban J connectivity index is 2.00. The van der Waals surface area contributed by atoms with E-state index in [1.807, 2.05) is 71.0 Å². The van der Waals surface area contributed by atoms with E-state index in [1.165, 1.54) is 0 Å². The monoisotopic (exact) mass is 393 g/mol. The van der Waals surface area contributed by atoms with Gasteiger partial charge in [-0.3, -0.25) is 14.5 Å². The first-order valence-electron chi connectivity index (χ1n) is 9.94. The Morgan fingerprint density at radius 3 is 2.34 bits per heavy atom. The van der Waals surface area contributed by atoms with Crippen LogP contribution in [0, 0.1) is 5.41 Å². The van der Waals surface area contributed by atoms with Crippen LogP contribution in [0.4, 0.5) is 0 Å². The molecule has 2 aliphatic rings. The molecular weight excluding hydrogens is 366 g/mol. The van der Waals surface area contributed by atoms with E-state index in [0.717, 1.165) is 5.56 Å². The average molecular weight is 393 g/mol. The predicted molar refractivity (Wildman–Crippen MR) is 110 cm³/mol. The molecule has 1 amide bonds. The third-order valence-electron chi connectivity index (χ3n) is 5.70. The summed E-state index contributed by atoms with van der Waals surface area (Å²) >= 11 is 0. The maximum Gasteiger partial charge on any atom is 0.260 e. The molecule has 5 nitrogen and oxygen atoms in total. The second kappa shape index (κ2) is 6.42. The largest absolute Gasteiger partial charge is 0.464 e. The Kier molecular flexibility index (Phi) is 4.35. The van der Waals surface area contributed by atoms with Crippen molar-refractivity contribution in [1.29, 1.82) is 0 Å². The summed E-state index contributed by atoms with van der Waals surface area (Å²) in [7, 11) is 0. The molecule has 1 unspecified atom stereocenters. The van der Waals surface area contributed by atoms with Gasteiger partial charge >= 0.3 is 0 Å². The van der Waals surface area contributed by atoms with E-state index in [4.69, 9.17) is 9.15 Å². The van der Waals surface area contributed by atoms with Crippen LogP contribution in [-0.4, -0.2) is 28.7 Å². The summed E-state index contributed by atoms with van der Waals surface area (Å²) in [4.78, 5) is 29.1. The van der Waals surface area contributed by atoms with Crippen molar-refractivity contribution < 1.29 is 18.7 Å². The zero-order chi connectivity index (χ0) is 21.0. The standard InChI is InChI=1S/C24H27NO4/c1-22(2,3)20(26)19-17(16-10-7-6-8-11-16)14-24(18-12-9-13-28-18)25(21(19)27)23(4,5)15-29-24/h6-13H,14-15H2,1-5H3. The Morgan fingerprint density at radius 1 is 1.07 bits per heavy atom. The summed E-state index contributed by atoms with van der Waals surface area (Å²) in [6.07, 6.45) is 1.94. The molecule has 4 rings (SSSR count). The second-order valence-corrected chi connectivity index (χ2v) is 9.48. The first kappa shape index (κ1) is 19.6. The molecule has 2 aliphatic heterocycles. The van der Waals surface area contributed by atoms with Gasteiger partial charge in [-0.2, -0.15) is 0 Å². The third kappa shape index (κ3) is 2.96. The van der Waals surface area contributed by atoms with Crippen molar-refractivity contribution in [1.82, 2.24) is 4.90 Å². The molecule has 0 saturated carbocycles. The van der Waals surface area contributed by atoms with Gasteiger partial charge in [0.05, 0.1) is 24.0 Å². The van der Waals surface area contributed by atoms with Crippen molar-refractivity contribution in [3.05, 3.63) is 65.6 Å². The first-order chi connectivity index (χ1) is 13.6. The van der Waals surface area contributed by atoms with Crippen molar-refractivity contribution >= 4 is 17.3 Å². The molecule has 5 heteroatoms. The lowest BCUT2D eigenvalue weighted by molar-refractivity contribution is -0.158. The third-order valence-corrected chi connectivity index (χ3v) is 5.70. The fourth-order valence-corrected chi connectivity index (χ4v) is 4.32. The lowest BCUT2D eigenvalue weighted by Crippen LogP contribution is -2.57. The van der Waals surface area contributed by atoms with Crippen molar-refractivity contribution in [3.8, 4) is 0 Å². The number of ketones is 1. The molecule has 152 valence electrons. The van der Waals surface area contributed by atoms with Crippen molar-refractivity contribution in [2.24, 2.45) is 5.41 Å². The van der Waals surface area contributed by atoms with Gasteiger partial charge in [-0.1, -0.05) is 51.1 Å². The summed E-state index contributed by atoms with van der Waals surface area (Å²) < 4.78 is 12.0. The fraction of sp³-hybridized carbons (Fsp3) is 0.417. The molecule has 0 N–H and O–H groups in total. The lowest BCUT2D eigenvalue weighted by atomic mass is 9.77. The number of amides is 1. The lowest BCUT2D eigenvalue weighted by Gasteiger charge is -2.45. The summed E-state index contributed by atoms with van der Waals surface area (Å²) in [5.74, 6) is 0.123. The molecule has 1 aromatic heterocycles. The van der Waals surface area contributed by atoms with Crippen LogP contribution in [0.3, 0.4) is 0 Å². The van der Waals surface area contributed by atoms with Crippen molar-refractivity contribution in [2.45, 2.75) is 52.3 Å². The molecule has 1 atom stereocenters. The van der Waals surface area contributed by atoms with Crippen LogP contribution >= 0.6 is 0 Å². The van der Waals surface area contributed by atoms with Gasteiger partial charge in [0.1, 0.15) is 0 Å². The van der Waals surface area contributed by atoms with Gasteiger partial charge in [0.15, 0.2) is 11.5 Å². The molecule has 1 aromatic carbocycles. The molecule has 0 spiro atoms. The minimum Gasteiger partial charge on any atom is -0.464 e. The van der Waals surface area contributed by atoms with E-state index in [0.29, 0.717) is 24.4 Å². The van der Waals surface area contributed by atoms with Crippen LogP contribution in [-0.2, 0) is 20.1 Å². The molecule has 29 heavy (non-hydrogen) atoms. The first-order valence-corrected chi connectivity index (χ1v) is 9.94. The predicted octanol–water partition coefficient (Wildman–Crippen LogP) is 4.54. The number of hydrogen-bond acceptors (Lipinski definition) is 4. The van der Waals surface area contributed by atoms with Gasteiger partial charge in [-0.05, 0) is 37.1 Å². The zero-order valence-electron chi connectivity index (χ0n) is 17.6. The Hall–Kier alpha value is -2.66. The highest BCUT2D eigenvalue weighted by Crippen LogP contribution is 2.52. The number of hydrogen-bond donors (Lipinski definition) is 0. The SMILES string of the molecule is CC(C)(C)C(=O)C1=C(c2ccccc2)CC2(c3ccco3)OCC(C)(C)N2C1=O. The van der Waals surface area contributed by atoms with E-state index in [2.05, 4.69) is 0 Å². The Labute approximate surface area is 171 Å². The van der Waals surface area contributed by atoms with Crippen LogP contribution in [0.15, 0.2) is 58.7 Å². The van der Waals surface area contributed by atoms with Gasteiger partial charge < -0.3 is 9.15 Å². The van der Waals surface area contributed by atoms with Crippen LogP contribution in [0.2, 0.25) is 0 Å². The van der Waals surface area contributed by atoms with Crippen LogP contribution < -0.4 is 0 Å². The number of ether oxygens (including phenoxy) is 1. The average Bonchev–Trinajstić information content (AvgIpc) is 3.28. The van der Waals surface area contributed by atoms with E-state index in [9.17, 15) is 9.59 Å². The highest BCUT2D eigenvalue weighted by Gasteiger charge is 2.61. The number of Topliss-reactive ketones (excluding diaryl/α,β-unsaturated/α-hetero) is 1. The van der Waals surface area contributed by atoms with E-state index in [1.54, 1.807) is 17.2 Å². The minimum absolute atomic E-state index is 0.155. The molecule has 0 radical (unpaired) electrons. The Morgan fingerprint density at radius 2 is 1.76 bits per heavy atom. The summed E-state index contributed by atoms with van der Waals surface area (Å²) in [6.45, 7) is 9.82. The van der Waals surface area contributed by atoms with Crippen molar-refractivity contribution in [2.75, 3.05) is 6.61 Å². The second-order valence-electron chi connectivity index (χ2n) is 9.48. The summed E-state index contributed by atoms with van der Waals surface area (Å²) in [6, 6.07) is 13.2. The fourth-order valence-electron chi connectivity index (χ4n) is 4.32. The number of furan rings is 1. The van der Waals surface area contributed by atoms with Gasteiger partial charge in [0.2, 0.25) is 5.72 Å². The van der Waals surface area contributed by atoms with Crippen molar-refractivity contribution in [3.63, 3.8) is 0 Å². The zero-order valence-corrected chi connectivity index (χ0v) is 17.6. The van der Waals surface area contributed by atoms with E-state index >= 15 is 0 Å². The van der Waals surface area contributed by atoms with Crippen LogP contribution in [0.5, 0.6) is 0 Å². The maximum atomic E-state index is 13.9. The Bertz CT molecular complexity index is 980. The van der Waals surface area contributed by atoms with Gasteiger partial charge in [-0.15, -0.1) is 0 Å². The van der Waals surface area contributed by atoms with Crippen LogP contribution in [0.25, 0.3) is 5.57 Å². The van der Waals surface area contributed by atoms with E-state index in [-0.39, 0.29) is 17.3 Å². The van der Waals surface area contributed by atoms with Crippen LogP contribution in [0.1, 0.15) is 52.4 Å². The number of nitrogens with zero attached hydrogens (tertiary/aromatic N) is 1. The molecule has 2 aromatic rings. The number of carbonyl (C=O) groups excluding carboxylic acids is 2.